The quantitative estimate of drug-likeness (QED) is 0.379. The van der Waals surface area contributed by atoms with Crippen LogP contribution in [0, 0.1) is 6.92 Å². The van der Waals surface area contributed by atoms with Gasteiger partial charge < -0.3 is 24.7 Å². The lowest BCUT2D eigenvalue weighted by Gasteiger charge is -2.19. The molecule has 0 fully saturated rings. The third kappa shape index (κ3) is 6.98. The Morgan fingerprint density at radius 3 is 2.49 bits per heavy atom. The molecule has 186 valence electrons. The first-order chi connectivity index (χ1) is 16.7. The summed E-state index contributed by atoms with van der Waals surface area (Å²) in [5.41, 5.74) is 2.18. The highest BCUT2D eigenvalue weighted by molar-refractivity contribution is 7.99. The van der Waals surface area contributed by atoms with Crippen LogP contribution < -0.4 is 20.1 Å². The van der Waals surface area contributed by atoms with Gasteiger partial charge in [0.2, 0.25) is 11.8 Å². The monoisotopic (exact) mass is 497 g/mol. The van der Waals surface area contributed by atoms with Gasteiger partial charge in [0.1, 0.15) is 11.5 Å². The molecule has 0 aliphatic carbocycles. The number of hydrogen-bond acceptors (Lipinski definition) is 7. The maximum Gasteiger partial charge on any atom is 0.234 e. The molecular formula is C25H31N5O4S. The second kappa shape index (κ2) is 11.7. The summed E-state index contributed by atoms with van der Waals surface area (Å²) < 4.78 is 13.3. The lowest BCUT2D eigenvalue weighted by atomic mass is 10.2. The van der Waals surface area contributed by atoms with E-state index in [-0.39, 0.29) is 29.7 Å². The Bertz CT molecular complexity index is 1190. The van der Waals surface area contributed by atoms with E-state index in [0.717, 1.165) is 5.56 Å². The van der Waals surface area contributed by atoms with E-state index in [4.69, 9.17) is 9.47 Å². The zero-order valence-electron chi connectivity index (χ0n) is 20.8. The molecule has 2 N–H and O–H groups in total. The van der Waals surface area contributed by atoms with Crippen molar-refractivity contribution in [2.75, 3.05) is 23.5 Å². The van der Waals surface area contributed by atoms with Crippen LogP contribution in [0.2, 0.25) is 0 Å². The number of nitrogens with zero attached hydrogens (tertiary/aromatic N) is 3. The Morgan fingerprint density at radius 2 is 1.80 bits per heavy atom. The predicted molar refractivity (Wildman–Crippen MR) is 137 cm³/mol. The number of ether oxygens (including phenoxy) is 2. The largest absolute Gasteiger partial charge is 0.497 e. The van der Waals surface area contributed by atoms with E-state index < -0.39 is 0 Å². The highest BCUT2D eigenvalue weighted by atomic mass is 32.2. The lowest BCUT2D eigenvalue weighted by Crippen LogP contribution is -2.17. The molecule has 9 nitrogen and oxygen atoms in total. The molecule has 10 heteroatoms. The fraction of sp³-hybridized carbons (Fsp3) is 0.360. The highest BCUT2D eigenvalue weighted by Gasteiger charge is 2.22. The van der Waals surface area contributed by atoms with Crippen LogP contribution in [0.3, 0.4) is 0 Å². The molecular weight excluding hydrogens is 466 g/mol. The fourth-order valence-corrected chi connectivity index (χ4v) is 4.31. The van der Waals surface area contributed by atoms with E-state index in [1.807, 2.05) is 62.6 Å². The van der Waals surface area contributed by atoms with Gasteiger partial charge in [0.15, 0.2) is 17.1 Å². The number of thioether (sulfide) groups is 1. The first-order valence-corrected chi connectivity index (χ1v) is 12.2. The van der Waals surface area contributed by atoms with Crippen LogP contribution in [0.5, 0.6) is 11.5 Å². The summed E-state index contributed by atoms with van der Waals surface area (Å²) in [5, 5.41) is 14.9. The molecule has 35 heavy (non-hydrogen) atoms. The minimum absolute atomic E-state index is 0.0687. The van der Waals surface area contributed by atoms with Crippen LogP contribution in [0.25, 0.3) is 0 Å². The predicted octanol–water partition coefficient (Wildman–Crippen LogP) is 5.01. The van der Waals surface area contributed by atoms with Crippen LogP contribution in [0.15, 0.2) is 47.6 Å². The average molecular weight is 498 g/mol. The number of hydrogen-bond donors (Lipinski definition) is 2. The number of benzene rings is 2. The Balaban J connectivity index is 1.67. The Kier molecular flexibility index (Phi) is 8.75. The van der Waals surface area contributed by atoms with E-state index in [1.165, 1.54) is 18.7 Å². The molecule has 1 unspecified atom stereocenters. The topological polar surface area (TPSA) is 107 Å². The number of amides is 2. The number of aromatic nitrogens is 3. The lowest BCUT2D eigenvalue weighted by molar-refractivity contribution is -0.114. The van der Waals surface area contributed by atoms with Crippen molar-refractivity contribution in [2.45, 2.75) is 51.9 Å². The molecule has 1 heterocycles. The molecule has 1 aromatic heterocycles. The third-order valence-electron chi connectivity index (χ3n) is 5.09. The Morgan fingerprint density at radius 1 is 1.06 bits per heavy atom. The van der Waals surface area contributed by atoms with Gasteiger partial charge in [0.05, 0.1) is 12.9 Å². The molecule has 3 rings (SSSR count). The van der Waals surface area contributed by atoms with E-state index in [1.54, 1.807) is 19.2 Å². The number of carbonyl (C=O) groups excluding carboxylic acids is 2. The molecule has 0 aliphatic rings. The molecule has 0 aliphatic heterocycles. The third-order valence-corrected chi connectivity index (χ3v) is 6.03. The van der Waals surface area contributed by atoms with E-state index in [2.05, 4.69) is 20.8 Å². The maximum atomic E-state index is 12.6. The number of anilines is 2. The number of carbonyl (C=O) groups is 2. The van der Waals surface area contributed by atoms with Crippen LogP contribution in [0.1, 0.15) is 51.2 Å². The zero-order chi connectivity index (χ0) is 25.5. The van der Waals surface area contributed by atoms with Crippen molar-refractivity contribution in [2.24, 2.45) is 0 Å². The van der Waals surface area contributed by atoms with Crippen LogP contribution >= 0.6 is 11.8 Å². The molecule has 2 aromatic carbocycles. The molecule has 3 aromatic rings. The van der Waals surface area contributed by atoms with Crippen molar-refractivity contribution in [3.63, 3.8) is 0 Å². The summed E-state index contributed by atoms with van der Waals surface area (Å²) in [6.45, 7) is 9.31. The molecule has 0 bridgehead atoms. The van der Waals surface area contributed by atoms with Gasteiger partial charge in [-0.25, -0.2) is 0 Å². The van der Waals surface area contributed by atoms with Gasteiger partial charge in [0, 0.05) is 30.4 Å². The van der Waals surface area contributed by atoms with Gasteiger partial charge >= 0.3 is 0 Å². The molecule has 1 atom stereocenters. The van der Waals surface area contributed by atoms with Gasteiger partial charge in [-0.1, -0.05) is 23.9 Å². The summed E-state index contributed by atoms with van der Waals surface area (Å²) in [6.07, 6.45) is -0.361. The Labute approximate surface area is 209 Å². The van der Waals surface area contributed by atoms with Crippen molar-refractivity contribution >= 4 is 35.0 Å². The zero-order valence-corrected chi connectivity index (χ0v) is 21.6. The number of methoxy groups -OCH3 is 1. The second-order valence-corrected chi connectivity index (χ2v) is 9.23. The summed E-state index contributed by atoms with van der Waals surface area (Å²) in [4.78, 5) is 24.0. The fourth-order valence-electron chi connectivity index (χ4n) is 3.43. The SMILES string of the molecule is COc1cccc(OC(C)c2nnc(SCC(=O)Nc3ccc(C)c(NC(C)=O)c3)n2C(C)C)c1. The Hall–Kier alpha value is -3.53. The smallest absolute Gasteiger partial charge is 0.234 e. The van der Waals surface area contributed by atoms with Crippen LogP contribution in [-0.4, -0.2) is 39.4 Å². The van der Waals surface area contributed by atoms with Crippen molar-refractivity contribution in [3.8, 4) is 11.5 Å². The van der Waals surface area contributed by atoms with E-state index in [9.17, 15) is 9.59 Å². The molecule has 2 amide bonds. The highest BCUT2D eigenvalue weighted by Crippen LogP contribution is 2.29. The standard InChI is InChI=1S/C25H31N5O4S/c1-15(2)30-24(17(4)34-21-9-7-8-20(13-21)33-6)28-29-25(30)35-14-23(32)27-19-11-10-16(3)22(12-19)26-18(5)31/h7-13,15,17H,14H2,1-6H3,(H,26,31)(H,27,32). The van der Waals surface area contributed by atoms with Crippen molar-refractivity contribution < 1.29 is 19.1 Å². The summed E-state index contributed by atoms with van der Waals surface area (Å²) in [7, 11) is 1.61. The molecule has 0 saturated heterocycles. The van der Waals surface area contributed by atoms with E-state index >= 15 is 0 Å². The van der Waals surface area contributed by atoms with E-state index in [0.29, 0.717) is 33.9 Å². The first kappa shape index (κ1) is 26.1. The number of rotatable bonds is 10. The van der Waals surface area contributed by atoms with Gasteiger partial charge in [-0.05, 0) is 57.5 Å². The van der Waals surface area contributed by atoms with Crippen molar-refractivity contribution in [3.05, 3.63) is 53.9 Å². The molecule has 0 radical (unpaired) electrons. The van der Waals surface area contributed by atoms with Gasteiger partial charge in [0.25, 0.3) is 0 Å². The summed E-state index contributed by atoms with van der Waals surface area (Å²) >= 11 is 1.30. The molecule has 0 spiro atoms. The van der Waals surface area contributed by atoms with Crippen molar-refractivity contribution in [1.82, 2.24) is 14.8 Å². The van der Waals surface area contributed by atoms with Gasteiger partial charge in [-0.3, -0.25) is 9.59 Å². The number of nitrogens with one attached hydrogen (secondary N) is 2. The molecule has 0 saturated carbocycles. The van der Waals surface area contributed by atoms with Gasteiger partial charge in [-0.15, -0.1) is 10.2 Å². The summed E-state index contributed by atoms with van der Waals surface area (Å²) in [5.74, 6) is 1.85. The maximum absolute atomic E-state index is 12.6. The van der Waals surface area contributed by atoms with Crippen molar-refractivity contribution in [1.29, 1.82) is 0 Å². The van der Waals surface area contributed by atoms with Gasteiger partial charge in [-0.2, -0.15) is 0 Å². The second-order valence-electron chi connectivity index (χ2n) is 8.29. The minimum Gasteiger partial charge on any atom is -0.497 e. The average Bonchev–Trinajstić information content (AvgIpc) is 3.24. The minimum atomic E-state index is -0.361. The van der Waals surface area contributed by atoms with Crippen LogP contribution in [-0.2, 0) is 9.59 Å². The summed E-state index contributed by atoms with van der Waals surface area (Å²) in [6, 6.07) is 12.8. The first-order valence-electron chi connectivity index (χ1n) is 11.2. The normalized spacial score (nSPS) is 11.7. The van der Waals surface area contributed by atoms with Crippen LogP contribution in [0.4, 0.5) is 11.4 Å². The number of aryl methyl sites for hydroxylation is 1.